The molecule has 0 spiro atoms. The molecule has 6 heteroatoms. The minimum atomic E-state index is -0.130. The highest BCUT2D eigenvalue weighted by molar-refractivity contribution is 9.10. The second kappa shape index (κ2) is 7.75. The molecule has 116 valence electrons. The Bertz CT molecular complexity index is 487. The summed E-state index contributed by atoms with van der Waals surface area (Å²) in [6.45, 7) is 2.99. The van der Waals surface area contributed by atoms with Crippen LogP contribution in [0.4, 0.5) is 5.82 Å². The van der Waals surface area contributed by atoms with Gasteiger partial charge in [-0.2, -0.15) is 0 Å². The maximum Gasteiger partial charge on any atom is 0.255 e. The smallest absolute Gasteiger partial charge is 0.255 e. The van der Waals surface area contributed by atoms with Crippen molar-refractivity contribution in [1.82, 2.24) is 10.3 Å². The molecule has 1 heterocycles. The van der Waals surface area contributed by atoms with Crippen LogP contribution in [0.3, 0.4) is 0 Å². The summed E-state index contributed by atoms with van der Waals surface area (Å²) in [5.74, 6) is 7.13. The van der Waals surface area contributed by atoms with Crippen LogP contribution in [0.1, 0.15) is 49.4 Å². The summed E-state index contributed by atoms with van der Waals surface area (Å²) in [4.78, 5) is 16.4. The Morgan fingerprint density at radius 3 is 2.67 bits per heavy atom. The molecule has 0 saturated heterocycles. The largest absolute Gasteiger partial charge is 0.352 e. The highest BCUT2D eigenvalue weighted by Crippen LogP contribution is 2.30. The zero-order chi connectivity index (χ0) is 15.2. The lowest BCUT2D eigenvalue weighted by Gasteiger charge is -2.27. The number of nitrogens with one attached hydrogen (secondary N) is 2. The number of carbonyl (C=O) groups is 1. The molecule has 4 N–H and O–H groups in total. The number of nitrogens with zero attached hydrogens (tertiary/aromatic N) is 1. The zero-order valence-electron chi connectivity index (χ0n) is 12.4. The van der Waals surface area contributed by atoms with Crippen molar-refractivity contribution < 1.29 is 4.79 Å². The Hall–Kier alpha value is -1.14. The lowest BCUT2D eigenvalue weighted by atomic mass is 9.81. The number of carbonyl (C=O) groups excluding carboxylic acids is 1. The summed E-state index contributed by atoms with van der Waals surface area (Å²) in [5, 5.41) is 3.01. The minimum Gasteiger partial charge on any atom is -0.352 e. The summed E-state index contributed by atoms with van der Waals surface area (Å²) < 4.78 is 0.759. The van der Waals surface area contributed by atoms with Gasteiger partial charge in [-0.1, -0.05) is 26.2 Å². The van der Waals surface area contributed by atoms with Gasteiger partial charge < -0.3 is 10.7 Å². The Morgan fingerprint density at radius 1 is 1.38 bits per heavy atom. The maximum absolute atomic E-state index is 12.3. The molecule has 1 fully saturated rings. The number of pyridine rings is 1. The van der Waals surface area contributed by atoms with Crippen LogP contribution in [0.5, 0.6) is 0 Å². The molecular weight excluding hydrogens is 332 g/mol. The number of rotatable bonds is 5. The van der Waals surface area contributed by atoms with E-state index in [9.17, 15) is 4.79 Å². The third-order valence-corrected chi connectivity index (χ3v) is 4.76. The van der Waals surface area contributed by atoms with Crippen LogP contribution >= 0.6 is 15.9 Å². The number of halogens is 1. The van der Waals surface area contributed by atoms with Crippen molar-refractivity contribution in [2.24, 2.45) is 17.7 Å². The van der Waals surface area contributed by atoms with Gasteiger partial charge in [-0.25, -0.2) is 10.8 Å². The van der Waals surface area contributed by atoms with Crippen LogP contribution in [0.15, 0.2) is 16.7 Å². The highest BCUT2D eigenvalue weighted by atomic mass is 79.9. The van der Waals surface area contributed by atoms with Crippen molar-refractivity contribution in [2.75, 3.05) is 12.0 Å². The van der Waals surface area contributed by atoms with Crippen LogP contribution < -0.4 is 16.6 Å². The molecule has 0 bridgehead atoms. The molecule has 1 saturated carbocycles. The number of nitrogens with two attached hydrogens (primary N) is 1. The van der Waals surface area contributed by atoms with Gasteiger partial charge in [0.15, 0.2) is 5.82 Å². The van der Waals surface area contributed by atoms with E-state index in [1.807, 2.05) is 0 Å². The van der Waals surface area contributed by atoms with Crippen LogP contribution in [-0.2, 0) is 0 Å². The number of hydrazine groups is 1. The van der Waals surface area contributed by atoms with Crippen LogP contribution in [0, 0.1) is 11.8 Å². The molecule has 0 aliphatic heterocycles. The van der Waals surface area contributed by atoms with Crippen molar-refractivity contribution in [2.45, 2.75) is 39.0 Å². The molecule has 0 atom stereocenters. The second-order valence-electron chi connectivity index (χ2n) is 5.70. The summed E-state index contributed by atoms with van der Waals surface area (Å²) >= 11 is 3.32. The first kappa shape index (κ1) is 16.2. The van der Waals surface area contributed by atoms with E-state index in [4.69, 9.17) is 5.84 Å². The van der Waals surface area contributed by atoms with Gasteiger partial charge in [0.05, 0.1) is 5.56 Å². The molecular formula is C15H23BrN4O. The molecule has 1 aromatic heterocycles. The predicted octanol–water partition coefficient (Wildman–Crippen LogP) is 3.08. The molecule has 0 radical (unpaired) electrons. The van der Waals surface area contributed by atoms with E-state index in [1.54, 1.807) is 12.3 Å². The fourth-order valence-corrected chi connectivity index (χ4v) is 3.23. The Balaban J connectivity index is 1.89. The van der Waals surface area contributed by atoms with E-state index in [1.165, 1.54) is 32.1 Å². The zero-order valence-corrected chi connectivity index (χ0v) is 13.9. The predicted molar refractivity (Wildman–Crippen MR) is 87.8 cm³/mol. The van der Waals surface area contributed by atoms with Crippen LogP contribution in [-0.4, -0.2) is 17.4 Å². The van der Waals surface area contributed by atoms with Crippen LogP contribution in [0.2, 0.25) is 0 Å². The molecule has 1 aliphatic rings. The summed E-state index contributed by atoms with van der Waals surface area (Å²) in [5.41, 5.74) is 2.93. The van der Waals surface area contributed by atoms with Gasteiger partial charge in [-0.15, -0.1) is 0 Å². The number of anilines is 1. The van der Waals surface area contributed by atoms with E-state index in [0.717, 1.165) is 16.9 Å². The first-order chi connectivity index (χ1) is 10.1. The molecule has 21 heavy (non-hydrogen) atoms. The first-order valence-corrected chi connectivity index (χ1v) is 8.33. The van der Waals surface area contributed by atoms with E-state index in [2.05, 4.69) is 38.6 Å². The minimum absolute atomic E-state index is 0.130. The number of aromatic nitrogens is 1. The number of hydrogen-bond acceptors (Lipinski definition) is 4. The van der Waals surface area contributed by atoms with Crippen LogP contribution in [0.25, 0.3) is 0 Å². The van der Waals surface area contributed by atoms with Crippen molar-refractivity contribution in [1.29, 1.82) is 0 Å². The van der Waals surface area contributed by atoms with Crippen molar-refractivity contribution in [3.05, 3.63) is 22.3 Å². The Labute approximate surface area is 134 Å². The summed E-state index contributed by atoms with van der Waals surface area (Å²) in [6.07, 6.45) is 7.86. The molecule has 5 nitrogen and oxygen atoms in total. The van der Waals surface area contributed by atoms with Gasteiger partial charge in [0.1, 0.15) is 0 Å². The molecule has 0 aromatic carbocycles. The number of hydrogen-bond donors (Lipinski definition) is 3. The van der Waals surface area contributed by atoms with Gasteiger partial charge in [0.2, 0.25) is 0 Å². The third kappa shape index (κ3) is 4.41. The average Bonchev–Trinajstić information content (AvgIpc) is 2.53. The number of amides is 1. The van der Waals surface area contributed by atoms with Gasteiger partial charge in [0.25, 0.3) is 5.91 Å². The van der Waals surface area contributed by atoms with Gasteiger partial charge in [-0.05, 0) is 46.7 Å². The standard InChI is InChI=1S/C15H23BrN4O/c1-2-10-3-5-11(6-4-10)8-19-15(21)13-7-12(16)9-18-14(13)20-17/h7,9-11H,2-6,8,17H2,1H3,(H,18,20)(H,19,21). The lowest BCUT2D eigenvalue weighted by molar-refractivity contribution is 0.0941. The summed E-state index contributed by atoms with van der Waals surface area (Å²) in [7, 11) is 0. The van der Waals surface area contributed by atoms with Crippen molar-refractivity contribution in [3.8, 4) is 0 Å². The SMILES string of the molecule is CCC1CCC(CNC(=O)c2cc(Br)cnc2NN)CC1. The third-order valence-electron chi connectivity index (χ3n) is 4.33. The van der Waals surface area contributed by atoms with Gasteiger partial charge >= 0.3 is 0 Å². The highest BCUT2D eigenvalue weighted by Gasteiger charge is 2.21. The molecule has 1 aliphatic carbocycles. The molecule has 2 rings (SSSR count). The Morgan fingerprint density at radius 2 is 2.05 bits per heavy atom. The fraction of sp³-hybridized carbons (Fsp3) is 0.600. The average molecular weight is 355 g/mol. The van der Waals surface area contributed by atoms with Crippen molar-refractivity contribution >= 4 is 27.7 Å². The van der Waals surface area contributed by atoms with Gasteiger partial charge in [-0.3, -0.25) is 4.79 Å². The van der Waals surface area contributed by atoms with Gasteiger partial charge in [0, 0.05) is 17.2 Å². The van der Waals surface area contributed by atoms with E-state index < -0.39 is 0 Å². The first-order valence-electron chi connectivity index (χ1n) is 7.54. The quantitative estimate of drug-likeness (QED) is 0.560. The summed E-state index contributed by atoms with van der Waals surface area (Å²) in [6, 6.07) is 1.73. The Kier molecular flexibility index (Phi) is 5.99. The molecule has 1 aromatic rings. The van der Waals surface area contributed by atoms with E-state index >= 15 is 0 Å². The molecule has 1 amide bonds. The maximum atomic E-state index is 12.3. The van der Waals surface area contributed by atoms with E-state index in [0.29, 0.717) is 17.3 Å². The second-order valence-corrected chi connectivity index (χ2v) is 6.61. The number of nitrogen functional groups attached to an aromatic ring is 1. The normalized spacial score (nSPS) is 21.9. The fourth-order valence-electron chi connectivity index (χ4n) is 2.90. The topological polar surface area (TPSA) is 80.0 Å². The molecule has 0 unspecified atom stereocenters. The van der Waals surface area contributed by atoms with Crippen molar-refractivity contribution in [3.63, 3.8) is 0 Å². The monoisotopic (exact) mass is 354 g/mol. The van der Waals surface area contributed by atoms with E-state index in [-0.39, 0.29) is 5.91 Å². The lowest BCUT2D eigenvalue weighted by Crippen LogP contribution is -2.32.